The molecule has 0 aromatic heterocycles. The van der Waals surface area contributed by atoms with Gasteiger partial charge >= 0.3 is 17.1 Å². The number of unbranched alkanes of at least 4 members (excludes halogenated alkanes) is 2. The molecular formula is C8H18CuO2PS2. The van der Waals surface area contributed by atoms with E-state index in [9.17, 15) is 0 Å². The van der Waals surface area contributed by atoms with Gasteiger partial charge in [-0.25, -0.2) is 0 Å². The standard InChI is InChI=1S/C8H19O2PS2.Cu/c1-3-5-7-9-11(12,13)10-8-6-4-2;/h3-8H2,1-2H3,(H,12,13);/q;+1/p-1. The van der Waals surface area contributed by atoms with E-state index >= 15 is 0 Å². The van der Waals surface area contributed by atoms with Crippen LogP contribution in [-0.2, 0) is 50.2 Å². The summed E-state index contributed by atoms with van der Waals surface area (Å²) < 4.78 is 10.7. The van der Waals surface area contributed by atoms with Crippen LogP contribution in [0.5, 0.6) is 0 Å². The molecule has 0 saturated carbocycles. The molecule has 0 heterocycles. The molecule has 0 aromatic rings. The number of hydrogen-bond acceptors (Lipinski definition) is 4. The molecule has 2 nitrogen and oxygen atoms in total. The zero-order chi connectivity index (χ0) is 10.2. The Balaban J connectivity index is 0. The quantitative estimate of drug-likeness (QED) is 0.296. The summed E-state index contributed by atoms with van der Waals surface area (Å²) >= 11 is 10.1. The molecule has 0 fully saturated rings. The molecule has 0 aliphatic rings. The zero-order valence-electron chi connectivity index (χ0n) is 8.62. The molecule has 6 heteroatoms. The first-order valence-corrected chi connectivity index (χ1v) is 8.37. The third-order valence-corrected chi connectivity index (χ3v) is 3.76. The molecule has 0 spiro atoms. The maximum absolute atomic E-state index is 5.33. The first-order valence-electron chi connectivity index (χ1n) is 4.72. The predicted molar refractivity (Wildman–Crippen MR) is 63.4 cm³/mol. The monoisotopic (exact) mass is 304 g/mol. The summed E-state index contributed by atoms with van der Waals surface area (Å²) in [6.45, 7) is 5.50. The molecule has 0 unspecified atom stereocenters. The van der Waals surface area contributed by atoms with E-state index < -0.39 is 5.69 Å². The molecule has 0 aliphatic carbocycles. The first kappa shape index (κ1) is 17.8. The third kappa shape index (κ3) is 11.5. The summed E-state index contributed by atoms with van der Waals surface area (Å²) in [6.07, 6.45) is 4.21. The molecule has 0 rings (SSSR count). The molecule has 0 amide bonds. The zero-order valence-corrected chi connectivity index (χ0v) is 12.1. The van der Waals surface area contributed by atoms with Crippen molar-refractivity contribution in [2.24, 2.45) is 0 Å². The molecule has 90 valence electrons. The minimum absolute atomic E-state index is 0. The second-order valence-corrected chi connectivity index (χ2v) is 7.81. The minimum Gasteiger partial charge on any atom is -0.691 e. The van der Waals surface area contributed by atoms with Crippen molar-refractivity contribution in [1.82, 2.24) is 0 Å². The second kappa shape index (κ2) is 10.9. The van der Waals surface area contributed by atoms with E-state index in [1.807, 2.05) is 0 Å². The van der Waals surface area contributed by atoms with Crippen molar-refractivity contribution in [2.45, 2.75) is 39.5 Å². The fourth-order valence-corrected chi connectivity index (χ4v) is 2.35. The Kier molecular flexibility index (Phi) is 13.9. The number of hydrogen-bond donors (Lipinski definition) is 0. The van der Waals surface area contributed by atoms with Crippen LogP contribution >= 0.6 is 5.69 Å². The molecule has 0 bridgehead atoms. The SMILES string of the molecule is CCCCOP(=S)([S-])OCCCC.[Cu+]. The Bertz CT molecular complexity index is 155. The van der Waals surface area contributed by atoms with Gasteiger partial charge in [0.25, 0.3) is 0 Å². The maximum Gasteiger partial charge on any atom is 1.00 e. The molecule has 0 aliphatic heterocycles. The van der Waals surface area contributed by atoms with Crippen LogP contribution in [0.3, 0.4) is 0 Å². The van der Waals surface area contributed by atoms with Crippen LogP contribution in [0.4, 0.5) is 0 Å². The largest absolute Gasteiger partial charge is 1.00 e. The van der Waals surface area contributed by atoms with Gasteiger partial charge in [-0.1, -0.05) is 38.5 Å². The Hall–Kier alpha value is 1.44. The van der Waals surface area contributed by atoms with Crippen LogP contribution in [0.15, 0.2) is 0 Å². The minimum atomic E-state index is -2.34. The summed E-state index contributed by atoms with van der Waals surface area (Å²) in [6, 6.07) is 0. The van der Waals surface area contributed by atoms with Crippen LogP contribution in [0, 0.1) is 0 Å². The average molecular weight is 305 g/mol. The van der Waals surface area contributed by atoms with Gasteiger partial charge in [-0.15, -0.1) is 0 Å². The van der Waals surface area contributed by atoms with Gasteiger partial charge in [-0.05, 0) is 12.8 Å². The van der Waals surface area contributed by atoms with E-state index in [2.05, 4.69) is 13.8 Å². The molecule has 0 saturated heterocycles. The molecule has 0 atom stereocenters. The fourth-order valence-electron chi connectivity index (χ4n) is 0.679. The summed E-state index contributed by atoms with van der Waals surface area (Å²) in [4.78, 5) is 0. The summed E-state index contributed by atoms with van der Waals surface area (Å²) in [5.41, 5.74) is -2.34. The first-order chi connectivity index (χ1) is 6.12. The van der Waals surface area contributed by atoms with E-state index in [4.69, 9.17) is 33.1 Å². The van der Waals surface area contributed by atoms with Gasteiger partial charge in [-0.2, -0.15) is 0 Å². The molecule has 14 heavy (non-hydrogen) atoms. The van der Waals surface area contributed by atoms with E-state index in [-0.39, 0.29) is 17.1 Å². The van der Waals surface area contributed by atoms with Gasteiger partial charge < -0.3 is 21.3 Å². The van der Waals surface area contributed by atoms with Crippen molar-refractivity contribution < 1.29 is 26.1 Å². The van der Waals surface area contributed by atoms with Gasteiger partial charge in [0, 0.05) is 0 Å². The molecule has 0 aromatic carbocycles. The normalized spacial score (nSPS) is 11.1. The smallest absolute Gasteiger partial charge is 0.691 e. The van der Waals surface area contributed by atoms with Crippen molar-refractivity contribution >= 4 is 29.7 Å². The second-order valence-electron chi connectivity index (χ2n) is 2.82. The van der Waals surface area contributed by atoms with E-state index in [0.29, 0.717) is 13.2 Å². The Morgan fingerprint density at radius 1 is 1.07 bits per heavy atom. The van der Waals surface area contributed by atoms with Crippen LogP contribution < -0.4 is 0 Å². The van der Waals surface area contributed by atoms with E-state index in [1.165, 1.54) is 0 Å². The van der Waals surface area contributed by atoms with Crippen molar-refractivity contribution in [3.05, 3.63) is 0 Å². The van der Waals surface area contributed by atoms with Crippen LogP contribution in [-0.4, -0.2) is 13.2 Å². The molecule has 0 radical (unpaired) electrons. The van der Waals surface area contributed by atoms with Crippen molar-refractivity contribution in [3.8, 4) is 0 Å². The predicted octanol–water partition coefficient (Wildman–Crippen LogP) is 3.39. The third-order valence-electron chi connectivity index (χ3n) is 1.49. The molecule has 0 N–H and O–H groups in total. The Morgan fingerprint density at radius 2 is 1.43 bits per heavy atom. The van der Waals surface area contributed by atoms with E-state index in [1.54, 1.807) is 0 Å². The van der Waals surface area contributed by atoms with Gasteiger partial charge in [0.1, 0.15) is 0 Å². The van der Waals surface area contributed by atoms with Gasteiger partial charge in [0.2, 0.25) is 0 Å². The van der Waals surface area contributed by atoms with Crippen LogP contribution in [0.2, 0.25) is 0 Å². The maximum atomic E-state index is 5.33. The van der Waals surface area contributed by atoms with Crippen LogP contribution in [0.25, 0.3) is 0 Å². The van der Waals surface area contributed by atoms with Crippen LogP contribution in [0.1, 0.15) is 39.5 Å². The summed E-state index contributed by atoms with van der Waals surface area (Å²) in [5.74, 6) is 0. The Morgan fingerprint density at radius 3 is 1.71 bits per heavy atom. The van der Waals surface area contributed by atoms with Crippen molar-refractivity contribution in [3.63, 3.8) is 0 Å². The Labute approximate surface area is 108 Å². The van der Waals surface area contributed by atoms with Gasteiger partial charge in [0.05, 0.1) is 18.9 Å². The van der Waals surface area contributed by atoms with Gasteiger partial charge in [-0.3, -0.25) is 0 Å². The topological polar surface area (TPSA) is 18.5 Å². The van der Waals surface area contributed by atoms with E-state index in [0.717, 1.165) is 25.7 Å². The summed E-state index contributed by atoms with van der Waals surface area (Å²) in [7, 11) is 0. The summed E-state index contributed by atoms with van der Waals surface area (Å²) in [5, 5.41) is 0. The molecular weight excluding hydrogens is 287 g/mol. The van der Waals surface area contributed by atoms with Crippen molar-refractivity contribution in [1.29, 1.82) is 0 Å². The number of rotatable bonds is 8. The average Bonchev–Trinajstić information content (AvgIpc) is 2.05. The van der Waals surface area contributed by atoms with Gasteiger partial charge in [0.15, 0.2) is 0 Å². The fraction of sp³-hybridized carbons (Fsp3) is 1.00. The van der Waals surface area contributed by atoms with Crippen molar-refractivity contribution in [2.75, 3.05) is 13.2 Å².